The molecule has 0 N–H and O–H groups in total. The Morgan fingerprint density at radius 1 is 0.444 bits per heavy atom. The van der Waals surface area contributed by atoms with Gasteiger partial charge in [0.15, 0.2) is 0 Å². The molecule has 0 bridgehead atoms. The number of benzene rings is 4. The molecule has 1 aliphatic rings. The van der Waals surface area contributed by atoms with E-state index in [1.165, 1.54) is 3.15 Å². The van der Waals surface area contributed by atoms with Crippen LogP contribution in [0.2, 0.25) is 0 Å². The second-order valence-electron chi connectivity index (χ2n) is 7.86. The largest absolute Gasteiger partial charge is 0.243 e. The smallest absolute Gasteiger partial charge is 0.120 e. The molecular weight excluding hydrogens is 965 g/mol. The summed E-state index contributed by atoms with van der Waals surface area (Å²) in [5, 5.41) is 0.929. The standard InChI is InChI=1S/C24H6Br6IN5/c25-7-1-2-8(26)15-13(7)31-14-20(32-15)22-24(36-19-12(30)6-5-11(29)18(19)35-22)23-21(14)33-16-9(27)3-4-10(28)17(16)34-23/h1-6H. The van der Waals surface area contributed by atoms with Crippen LogP contribution < -0.4 is 5.36 Å². The van der Waals surface area contributed by atoms with Crippen LogP contribution in [0, 0.1) is 6.72 Å². The lowest BCUT2D eigenvalue weighted by atomic mass is 10.1. The van der Waals surface area contributed by atoms with Gasteiger partial charge in [0.2, 0.25) is 0 Å². The molecule has 12 heteroatoms. The summed E-state index contributed by atoms with van der Waals surface area (Å²) >= 11 is 21.4. The van der Waals surface area contributed by atoms with E-state index >= 15 is 0 Å². The van der Waals surface area contributed by atoms with E-state index in [9.17, 15) is 0 Å². The Bertz CT molecular complexity index is 1980. The monoisotopic (exact) mass is 964 g/mol. The van der Waals surface area contributed by atoms with Crippen LogP contribution in [-0.2, 0) is 0 Å². The summed E-state index contributed by atoms with van der Waals surface area (Å²) in [5.74, 6) is 0. The van der Waals surface area contributed by atoms with Gasteiger partial charge in [-0.15, -0.1) is 0 Å². The van der Waals surface area contributed by atoms with Crippen molar-refractivity contribution >= 4 is 166 Å². The summed E-state index contributed by atoms with van der Waals surface area (Å²) in [4.78, 5) is 25.6. The van der Waals surface area contributed by atoms with Gasteiger partial charge in [-0.25, -0.2) is 24.9 Å². The lowest BCUT2D eigenvalue weighted by Gasteiger charge is -2.15. The third kappa shape index (κ3) is 3.64. The molecule has 3 heterocycles. The molecule has 5 nitrogen and oxygen atoms in total. The molecule has 6 aromatic rings. The predicted octanol–water partition coefficient (Wildman–Crippen LogP) is 9.81. The van der Waals surface area contributed by atoms with E-state index in [4.69, 9.17) is 24.9 Å². The summed E-state index contributed by atoms with van der Waals surface area (Å²) < 4.78 is 7.77. The second-order valence-corrected chi connectivity index (χ2v) is 15.7. The van der Waals surface area contributed by atoms with E-state index in [-0.39, 0.29) is 0 Å². The van der Waals surface area contributed by atoms with Crippen LogP contribution in [0.3, 0.4) is 0 Å². The molecule has 2 aromatic heterocycles. The third-order valence-corrected chi connectivity index (χ3v) is 13.5. The highest BCUT2D eigenvalue weighted by molar-refractivity contribution is 14.2. The third-order valence-electron chi connectivity index (χ3n) is 5.75. The minimum Gasteiger partial charge on any atom is -0.243 e. The van der Waals surface area contributed by atoms with Gasteiger partial charge in [-0.3, -0.25) is 0 Å². The molecule has 176 valence electrons. The zero-order valence-corrected chi connectivity index (χ0v) is 29.0. The number of rotatable bonds is 0. The van der Waals surface area contributed by atoms with Gasteiger partial charge in [0.05, 0.1) is 8.93 Å². The number of nitrogens with zero attached hydrogens (tertiary/aromatic N) is 5. The normalized spacial score (nSPS) is 12.8. The summed E-state index contributed by atoms with van der Waals surface area (Å²) in [7, 11) is 0. The van der Waals surface area contributed by atoms with Crippen LogP contribution >= 0.6 is 116 Å². The van der Waals surface area contributed by atoms with E-state index in [0.717, 1.165) is 80.1 Å². The molecule has 0 spiro atoms. The molecule has 0 amide bonds. The van der Waals surface area contributed by atoms with Crippen molar-refractivity contribution < 1.29 is 0 Å². The number of aromatic nitrogens is 4. The molecule has 0 fully saturated rings. The van der Waals surface area contributed by atoms with Crippen LogP contribution in [0.4, 0.5) is 5.69 Å². The number of fused-ring (bicyclic) bond motifs is 9. The van der Waals surface area contributed by atoms with Crippen molar-refractivity contribution in [3.8, 4) is 0 Å². The maximum atomic E-state index is 5.16. The molecule has 0 saturated heterocycles. The zero-order valence-electron chi connectivity index (χ0n) is 17.3. The van der Waals surface area contributed by atoms with Gasteiger partial charge < -0.3 is 0 Å². The van der Waals surface area contributed by atoms with Crippen LogP contribution in [0.5, 0.6) is 0 Å². The number of hydrogen-bond acceptors (Lipinski definition) is 5. The van der Waals surface area contributed by atoms with Crippen molar-refractivity contribution in [3.63, 3.8) is 0 Å². The minimum atomic E-state index is -0.662. The molecule has 0 radical (unpaired) electrons. The van der Waals surface area contributed by atoms with Crippen molar-refractivity contribution in [2.45, 2.75) is 0 Å². The van der Waals surface area contributed by atoms with Crippen LogP contribution in [-0.4, -0.2) is 19.9 Å². The minimum absolute atomic E-state index is 0.662. The van der Waals surface area contributed by atoms with Crippen LogP contribution in [0.25, 0.3) is 44.1 Å². The number of halogens is 7. The summed E-state index contributed by atoms with van der Waals surface area (Å²) in [6.45, 7) is 0. The summed E-state index contributed by atoms with van der Waals surface area (Å²) in [6, 6.07) is 11.9. The van der Waals surface area contributed by atoms with Gasteiger partial charge in [0.1, 0.15) is 49.8 Å². The maximum Gasteiger partial charge on any atom is 0.120 e. The van der Waals surface area contributed by atoms with Gasteiger partial charge in [0, 0.05) is 30.0 Å². The Morgan fingerprint density at radius 2 is 0.861 bits per heavy atom. The Hall–Kier alpha value is -0.510. The van der Waals surface area contributed by atoms with Crippen molar-refractivity contribution in [3.05, 3.63) is 75.3 Å². The molecule has 1 aliphatic heterocycles. The SMILES string of the molecule is Brc1ccc(Br)c2c1=Nc1c(c3nc4c(Br)ccc(Br)c4nc3c3nc4c(Br)ccc(Br)c4nc13)I=2. The molecule has 7 rings (SSSR count). The summed E-state index contributed by atoms with van der Waals surface area (Å²) in [5.41, 5.74) is 6.84. The van der Waals surface area contributed by atoms with E-state index in [1.807, 2.05) is 30.3 Å². The van der Waals surface area contributed by atoms with Gasteiger partial charge >= 0.3 is 0 Å². The Labute approximate surface area is 263 Å². The van der Waals surface area contributed by atoms with Gasteiger partial charge in [0.25, 0.3) is 0 Å². The fourth-order valence-electron chi connectivity index (χ4n) is 4.12. The maximum absolute atomic E-state index is 5.16. The Balaban J connectivity index is 1.80. The first-order chi connectivity index (χ1) is 17.3. The first-order valence-corrected chi connectivity index (χ1v) is 17.1. The van der Waals surface area contributed by atoms with Gasteiger partial charge in [-0.1, -0.05) is 20.7 Å². The molecule has 36 heavy (non-hydrogen) atoms. The van der Waals surface area contributed by atoms with Gasteiger partial charge in [-0.2, -0.15) is 0 Å². The molecule has 0 aliphatic carbocycles. The van der Waals surface area contributed by atoms with Crippen LogP contribution in [0.1, 0.15) is 0 Å². The lowest BCUT2D eigenvalue weighted by molar-refractivity contribution is 1.26. The Kier molecular flexibility index (Phi) is 6.14. The highest BCUT2D eigenvalue weighted by Crippen LogP contribution is 2.44. The molecule has 0 unspecified atom stereocenters. The van der Waals surface area contributed by atoms with E-state index < -0.39 is 20.7 Å². The molecular formula is C24H6Br6IN5. The van der Waals surface area contributed by atoms with Crippen molar-refractivity contribution in [2.75, 3.05) is 0 Å². The molecule has 0 saturated carbocycles. The average Bonchev–Trinajstić information content (AvgIpc) is 2.89. The van der Waals surface area contributed by atoms with Crippen molar-refractivity contribution in [1.29, 1.82) is 0 Å². The van der Waals surface area contributed by atoms with Crippen LogP contribution in [0.15, 0.2) is 68.2 Å². The van der Waals surface area contributed by atoms with Crippen molar-refractivity contribution in [1.82, 2.24) is 19.9 Å². The highest BCUT2D eigenvalue weighted by atomic mass is 127. The number of hydrogen-bond donors (Lipinski definition) is 0. The predicted molar refractivity (Wildman–Crippen MR) is 173 cm³/mol. The summed E-state index contributed by atoms with van der Waals surface area (Å²) in [6.07, 6.45) is 0. The lowest BCUT2D eigenvalue weighted by Crippen LogP contribution is -2.09. The quantitative estimate of drug-likeness (QED) is 0.0864. The van der Waals surface area contributed by atoms with Crippen molar-refractivity contribution in [2.24, 2.45) is 4.99 Å². The second kappa shape index (κ2) is 9.02. The average molecular weight is 971 g/mol. The van der Waals surface area contributed by atoms with Gasteiger partial charge in [-0.05, 0) is 132 Å². The first-order valence-electron chi connectivity index (χ1n) is 10.2. The molecule has 4 aromatic carbocycles. The zero-order chi connectivity index (χ0) is 24.9. The fourth-order valence-corrected chi connectivity index (χ4v) is 10.3. The van der Waals surface area contributed by atoms with E-state index in [2.05, 4.69) is 102 Å². The molecule has 0 atom stereocenters. The Morgan fingerprint density at radius 3 is 1.42 bits per heavy atom. The van der Waals surface area contributed by atoms with E-state index in [1.54, 1.807) is 0 Å². The van der Waals surface area contributed by atoms with E-state index in [0.29, 0.717) is 5.52 Å². The highest BCUT2D eigenvalue weighted by Gasteiger charge is 2.24. The fraction of sp³-hybridized carbons (Fsp3) is 0. The topological polar surface area (TPSA) is 63.9 Å². The first kappa shape index (κ1) is 24.5.